The number of hydroxylamine groups is 1. The normalized spacial score (nSPS) is 9.62. The van der Waals surface area contributed by atoms with E-state index in [0.29, 0.717) is 6.42 Å². The van der Waals surface area contributed by atoms with Gasteiger partial charge in [-0.3, -0.25) is 10.0 Å². The lowest BCUT2D eigenvalue weighted by molar-refractivity contribution is -0.129. The summed E-state index contributed by atoms with van der Waals surface area (Å²) in [4.78, 5) is 10.6. The minimum atomic E-state index is -0.296. The zero-order valence-electron chi connectivity index (χ0n) is 7.96. The number of nitrogens with one attached hydrogen (secondary N) is 1. The van der Waals surface area contributed by atoms with Crippen molar-refractivity contribution >= 4 is 5.91 Å². The average molecular weight is 184 g/mol. The second-order valence-corrected chi connectivity index (χ2v) is 3.08. The maximum atomic E-state index is 10.6. The fourth-order valence-corrected chi connectivity index (χ4v) is 1.13. The van der Waals surface area contributed by atoms with Crippen molar-refractivity contribution in [1.29, 1.82) is 0 Å². The van der Waals surface area contributed by atoms with Gasteiger partial charge in [0.15, 0.2) is 0 Å². The van der Waals surface area contributed by atoms with Crippen LogP contribution < -0.4 is 5.48 Å². The van der Waals surface area contributed by atoms with Gasteiger partial charge < -0.3 is 0 Å². The maximum Gasteiger partial charge on any atom is 0.243 e. The van der Waals surface area contributed by atoms with Crippen molar-refractivity contribution in [3.63, 3.8) is 0 Å². The Morgan fingerprint density at radius 1 is 1.23 bits per heavy atom. The van der Waals surface area contributed by atoms with E-state index in [1.165, 1.54) is 0 Å². The second kappa shape index (κ2) is 9.26. The molecular formula is C10H18NO2. The molecule has 0 saturated carbocycles. The molecule has 0 aromatic rings. The number of carbonyl (C=O) groups is 1. The number of allylic oxidation sites excluding steroid dienone is 1. The second-order valence-electron chi connectivity index (χ2n) is 3.08. The fraction of sp³-hybridized carbons (Fsp3) is 0.700. The molecule has 13 heavy (non-hydrogen) atoms. The molecule has 0 aliphatic rings. The molecule has 0 saturated heterocycles. The van der Waals surface area contributed by atoms with Crippen molar-refractivity contribution in [2.75, 3.05) is 0 Å². The number of carbonyl (C=O) groups excluding carboxylic acids is 1. The number of unbranched alkanes of at least 4 members (excludes halogenated alkanes) is 5. The molecule has 0 heterocycles. The van der Waals surface area contributed by atoms with Gasteiger partial charge in [0.05, 0.1) is 0 Å². The molecular weight excluding hydrogens is 166 g/mol. The quantitative estimate of drug-likeness (QED) is 0.345. The average Bonchev–Trinajstić information content (AvgIpc) is 2.16. The van der Waals surface area contributed by atoms with E-state index in [0.717, 1.165) is 38.5 Å². The van der Waals surface area contributed by atoms with Gasteiger partial charge in [-0.15, -0.1) is 0 Å². The van der Waals surface area contributed by atoms with Crippen molar-refractivity contribution in [2.45, 2.75) is 44.9 Å². The first-order valence-electron chi connectivity index (χ1n) is 4.77. The third kappa shape index (κ3) is 9.08. The van der Waals surface area contributed by atoms with Gasteiger partial charge in [-0.25, -0.2) is 5.48 Å². The fourth-order valence-electron chi connectivity index (χ4n) is 1.13. The van der Waals surface area contributed by atoms with E-state index >= 15 is 0 Å². The Morgan fingerprint density at radius 2 is 1.85 bits per heavy atom. The molecule has 0 bridgehead atoms. The van der Waals surface area contributed by atoms with E-state index in [-0.39, 0.29) is 5.91 Å². The van der Waals surface area contributed by atoms with Gasteiger partial charge in [-0.05, 0) is 19.3 Å². The van der Waals surface area contributed by atoms with Gasteiger partial charge in [0, 0.05) is 6.42 Å². The van der Waals surface area contributed by atoms with Crippen molar-refractivity contribution in [1.82, 2.24) is 5.48 Å². The molecule has 0 aliphatic carbocycles. The molecule has 0 aromatic heterocycles. The zero-order chi connectivity index (χ0) is 9.94. The highest BCUT2D eigenvalue weighted by molar-refractivity contribution is 5.74. The molecule has 2 N–H and O–H groups in total. The van der Waals surface area contributed by atoms with Crippen LogP contribution in [0.5, 0.6) is 0 Å². The Labute approximate surface area is 79.8 Å². The Bertz CT molecular complexity index is 146. The first kappa shape index (κ1) is 12.2. The first-order chi connectivity index (χ1) is 6.31. The lowest BCUT2D eigenvalue weighted by atomic mass is 10.1. The third-order valence-electron chi connectivity index (χ3n) is 1.90. The van der Waals surface area contributed by atoms with Crippen molar-refractivity contribution in [2.24, 2.45) is 0 Å². The summed E-state index contributed by atoms with van der Waals surface area (Å²) in [5, 5.41) is 8.19. The van der Waals surface area contributed by atoms with Gasteiger partial charge in [0.1, 0.15) is 0 Å². The van der Waals surface area contributed by atoms with Crippen LogP contribution in [0, 0.1) is 6.58 Å². The van der Waals surface area contributed by atoms with Crippen LogP contribution >= 0.6 is 0 Å². The Kier molecular flexibility index (Phi) is 8.67. The molecule has 0 fully saturated rings. The predicted molar refractivity (Wildman–Crippen MR) is 51.1 cm³/mol. The van der Waals surface area contributed by atoms with Crippen molar-refractivity contribution in [3.05, 3.63) is 12.7 Å². The van der Waals surface area contributed by atoms with E-state index in [9.17, 15) is 4.79 Å². The van der Waals surface area contributed by atoms with E-state index in [4.69, 9.17) is 11.8 Å². The Balaban J connectivity index is 2.99. The van der Waals surface area contributed by atoms with Gasteiger partial charge in [-0.1, -0.05) is 31.9 Å². The summed E-state index contributed by atoms with van der Waals surface area (Å²) in [6.07, 6.45) is 8.37. The molecule has 75 valence electrons. The lowest BCUT2D eigenvalue weighted by Gasteiger charge is -1.99. The monoisotopic (exact) mass is 184 g/mol. The molecule has 1 amide bonds. The predicted octanol–water partition coefficient (Wildman–Crippen LogP) is 2.21. The van der Waals surface area contributed by atoms with Gasteiger partial charge >= 0.3 is 0 Å². The maximum absolute atomic E-state index is 10.6. The summed E-state index contributed by atoms with van der Waals surface area (Å²) in [6.45, 7) is 5.22. The molecule has 0 atom stereocenters. The number of amides is 1. The molecule has 0 aromatic carbocycles. The third-order valence-corrected chi connectivity index (χ3v) is 1.90. The minimum absolute atomic E-state index is 0.296. The van der Waals surface area contributed by atoms with Crippen LogP contribution in [0.25, 0.3) is 0 Å². The van der Waals surface area contributed by atoms with Crippen LogP contribution in [0.3, 0.4) is 0 Å². The number of hydrogen-bond acceptors (Lipinski definition) is 2. The van der Waals surface area contributed by atoms with Crippen LogP contribution in [0.4, 0.5) is 0 Å². The van der Waals surface area contributed by atoms with Gasteiger partial charge in [-0.2, -0.15) is 0 Å². The van der Waals surface area contributed by atoms with Crippen LogP contribution in [-0.2, 0) is 4.79 Å². The lowest BCUT2D eigenvalue weighted by Crippen LogP contribution is -2.17. The van der Waals surface area contributed by atoms with E-state index in [1.54, 1.807) is 11.6 Å². The first-order valence-corrected chi connectivity index (χ1v) is 4.77. The van der Waals surface area contributed by atoms with Gasteiger partial charge in [0.25, 0.3) is 0 Å². The molecule has 0 aliphatic heterocycles. The summed E-state index contributed by atoms with van der Waals surface area (Å²) >= 11 is 0. The number of rotatable bonds is 8. The largest absolute Gasteiger partial charge is 0.289 e. The molecule has 1 radical (unpaired) electrons. The van der Waals surface area contributed by atoms with Crippen LogP contribution in [-0.4, -0.2) is 11.1 Å². The zero-order valence-corrected chi connectivity index (χ0v) is 7.96. The highest BCUT2D eigenvalue weighted by Gasteiger charge is 1.97. The Morgan fingerprint density at radius 3 is 2.46 bits per heavy atom. The molecule has 3 heteroatoms. The molecule has 0 unspecified atom stereocenters. The van der Waals surface area contributed by atoms with Crippen LogP contribution in [0.2, 0.25) is 0 Å². The standard InChI is InChI=1S/C10H18NO2/c1-2-3-4-5-6-7-8-9-10(12)11-13/h1-2,13H,3-9H2,(H,11,12). The van der Waals surface area contributed by atoms with E-state index < -0.39 is 0 Å². The highest BCUT2D eigenvalue weighted by Crippen LogP contribution is 2.06. The molecule has 0 rings (SSSR count). The summed E-state index contributed by atoms with van der Waals surface area (Å²) in [7, 11) is 0. The summed E-state index contributed by atoms with van der Waals surface area (Å²) < 4.78 is 0. The number of hydrogen-bond donors (Lipinski definition) is 2. The molecule has 0 spiro atoms. The minimum Gasteiger partial charge on any atom is -0.289 e. The Hall–Kier alpha value is -0.830. The SMILES string of the molecule is [CH]=CCCCCCCCC(=O)NO. The molecule has 3 nitrogen and oxygen atoms in total. The summed E-state index contributed by atoms with van der Waals surface area (Å²) in [5.41, 5.74) is 1.62. The van der Waals surface area contributed by atoms with E-state index in [2.05, 4.69) is 0 Å². The van der Waals surface area contributed by atoms with Gasteiger partial charge in [0.2, 0.25) is 5.91 Å². The summed E-state index contributed by atoms with van der Waals surface area (Å²) in [6, 6.07) is 0. The van der Waals surface area contributed by atoms with Crippen molar-refractivity contribution in [3.8, 4) is 0 Å². The smallest absolute Gasteiger partial charge is 0.243 e. The van der Waals surface area contributed by atoms with Crippen LogP contribution in [0.1, 0.15) is 44.9 Å². The van der Waals surface area contributed by atoms with Crippen LogP contribution in [0.15, 0.2) is 6.08 Å². The summed E-state index contributed by atoms with van der Waals surface area (Å²) in [5.74, 6) is -0.296. The van der Waals surface area contributed by atoms with E-state index in [1.807, 2.05) is 0 Å². The van der Waals surface area contributed by atoms with Crippen molar-refractivity contribution < 1.29 is 10.0 Å². The highest BCUT2D eigenvalue weighted by atomic mass is 16.5. The topological polar surface area (TPSA) is 49.3 Å².